The fourth-order valence-electron chi connectivity index (χ4n) is 2.73. The molecule has 0 bridgehead atoms. The minimum Gasteiger partial charge on any atom is -0.324 e. The predicted molar refractivity (Wildman–Crippen MR) is 107 cm³/mol. The second-order valence-corrected chi connectivity index (χ2v) is 6.98. The molecule has 0 aliphatic carbocycles. The minimum atomic E-state index is -0.377. The number of aryl methyl sites for hydroxylation is 4. The number of hydrogen-bond donors (Lipinski definition) is 2. The van der Waals surface area contributed by atoms with Gasteiger partial charge >= 0.3 is 6.03 Å². The molecule has 0 heterocycles. The van der Waals surface area contributed by atoms with E-state index in [1.165, 1.54) is 4.90 Å². The number of hydrogen-bond acceptors (Lipinski definition) is 2. The summed E-state index contributed by atoms with van der Waals surface area (Å²) in [4.78, 5) is 25.9. The number of nitrogens with zero attached hydrogens (tertiary/aromatic N) is 1. The van der Waals surface area contributed by atoms with E-state index in [0.29, 0.717) is 10.7 Å². The first-order valence-corrected chi connectivity index (χ1v) is 8.71. The average Bonchev–Trinajstić information content (AvgIpc) is 2.54. The summed E-state index contributed by atoms with van der Waals surface area (Å²) >= 11 is 6.06. The number of halogens is 1. The number of rotatable bonds is 4. The van der Waals surface area contributed by atoms with E-state index in [-0.39, 0.29) is 18.5 Å². The van der Waals surface area contributed by atoms with Crippen LogP contribution >= 0.6 is 11.6 Å². The number of anilines is 2. The smallest absolute Gasteiger partial charge is 0.322 e. The lowest BCUT2D eigenvalue weighted by molar-refractivity contribution is -0.116. The van der Waals surface area contributed by atoms with Gasteiger partial charge in [0.05, 0.1) is 0 Å². The van der Waals surface area contributed by atoms with Gasteiger partial charge in [0.25, 0.3) is 0 Å². The molecule has 0 aromatic heterocycles. The molecule has 0 saturated carbocycles. The monoisotopic (exact) mass is 373 g/mol. The summed E-state index contributed by atoms with van der Waals surface area (Å²) in [6.07, 6.45) is 0. The summed E-state index contributed by atoms with van der Waals surface area (Å²) in [6.45, 7) is 7.75. The van der Waals surface area contributed by atoms with Crippen molar-refractivity contribution < 1.29 is 9.59 Å². The number of benzene rings is 2. The number of amides is 3. The fraction of sp³-hybridized carbons (Fsp3) is 0.300. The molecule has 0 unspecified atom stereocenters. The Kier molecular flexibility index (Phi) is 6.27. The summed E-state index contributed by atoms with van der Waals surface area (Å²) in [7, 11) is 1.57. The van der Waals surface area contributed by atoms with Crippen molar-refractivity contribution in [2.24, 2.45) is 0 Å². The highest BCUT2D eigenvalue weighted by atomic mass is 35.5. The van der Waals surface area contributed by atoms with Crippen molar-refractivity contribution in [1.82, 2.24) is 4.90 Å². The summed E-state index contributed by atoms with van der Waals surface area (Å²) in [5.41, 5.74) is 5.45. The first kappa shape index (κ1) is 19.8. The van der Waals surface area contributed by atoms with Crippen molar-refractivity contribution >= 4 is 34.9 Å². The molecule has 2 N–H and O–H groups in total. The SMILES string of the molecule is Cc1cc(C)c(NC(=O)CN(C)C(=O)Nc2ccc(C)c(Cl)c2)c(C)c1. The topological polar surface area (TPSA) is 61.4 Å². The third-order valence-corrected chi connectivity index (χ3v) is 4.50. The highest BCUT2D eigenvalue weighted by Gasteiger charge is 2.15. The van der Waals surface area contributed by atoms with Crippen molar-refractivity contribution in [2.75, 3.05) is 24.2 Å². The zero-order chi connectivity index (χ0) is 19.4. The average molecular weight is 374 g/mol. The maximum atomic E-state index is 12.3. The molecule has 0 aliphatic rings. The lowest BCUT2D eigenvalue weighted by atomic mass is 10.1. The van der Waals surface area contributed by atoms with E-state index in [0.717, 1.165) is 27.9 Å². The molecule has 0 radical (unpaired) electrons. The molecule has 0 aliphatic heterocycles. The molecule has 0 saturated heterocycles. The van der Waals surface area contributed by atoms with Crippen LogP contribution in [0.15, 0.2) is 30.3 Å². The van der Waals surface area contributed by atoms with Gasteiger partial charge in [-0.15, -0.1) is 0 Å². The third-order valence-electron chi connectivity index (χ3n) is 4.09. The Labute approximate surface area is 159 Å². The van der Waals surface area contributed by atoms with E-state index < -0.39 is 0 Å². The van der Waals surface area contributed by atoms with E-state index in [9.17, 15) is 9.59 Å². The molecule has 0 spiro atoms. The molecular weight excluding hydrogens is 350 g/mol. The number of nitrogens with one attached hydrogen (secondary N) is 2. The van der Waals surface area contributed by atoms with E-state index in [1.807, 2.05) is 45.9 Å². The van der Waals surface area contributed by atoms with Crippen LogP contribution in [0.3, 0.4) is 0 Å². The molecule has 6 heteroatoms. The lowest BCUT2D eigenvalue weighted by Crippen LogP contribution is -2.37. The summed E-state index contributed by atoms with van der Waals surface area (Å²) in [6, 6.07) is 8.93. The number of carbonyl (C=O) groups is 2. The Bertz CT molecular complexity index is 826. The maximum absolute atomic E-state index is 12.3. The second kappa shape index (κ2) is 8.23. The highest BCUT2D eigenvalue weighted by Crippen LogP contribution is 2.22. The second-order valence-electron chi connectivity index (χ2n) is 6.57. The highest BCUT2D eigenvalue weighted by molar-refractivity contribution is 6.31. The Balaban J connectivity index is 1.98. The Hall–Kier alpha value is -2.53. The van der Waals surface area contributed by atoms with Crippen molar-refractivity contribution in [3.63, 3.8) is 0 Å². The van der Waals surface area contributed by atoms with Crippen molar-refractivity contribution in [2.45, 2.75) is 27.7 Å². The molecule has 5 nitrogen and oxygen atoms in total. The first-order valence-electron chi connectivity index (χ1n) is 8.33. The quantitative estimate of drug-likeness (QED) is 0.817. The van der Waals surface area contributed by atoms with Gasteiger partial charge in [0.15, 0.2) is 0 Å². The number of likely N-dealkylation sites (N-methyl/N-ethyl adjacent to an activating group) is 1. The van der Waals surface area contributed by atoms with E-state index in [2.05, 4.69) is 10.6 Å². The standard InChI is InChI=1S/C20H24ClN3O2/c1-12-8-14(3)19(15(4)9-12)23-18(25)11-24(5)20(26)22-16-7-6-13(2)17(21)10-16/h6-10H,11H2,1-5H3,(H,22,26)(H,23,25). The van der Waals surface area contributed by atoms with Crippen LogP contribution in [0.5, 0.6) is 0 Å². The van der Waals surface area contributed by atoms with Gasteiger partial charge in [-0.05, 0) is 56.5 Å². The van der Waals surface area contributed by atoms with E-state index in [4.69, 9.17) is 11.6 Å². The van der Waals surface area contributed by atoms with Gasteiger partial charge in [-0.3, -0.25) is 4.79 Å². The van der Waals surface area contributed by atoms with E-state index in [1.54, 1.807) is 19.2 Å². The molecule has 26 heavy (non-hydrogen) atoms. The molecule has 138 valence electrons. The van der Waals surface area contributed by atoms with Crippen LogP contribution in [-0.2, 0) is 4.79 Å². The van der Waals surface area contributed by atoms with Gasteiger partial charge in [-0.2, -0.15) is 0 Å². The Morgan fingerprint density at radius 3 is 2.15 bits per heavy atom. The molecule has 2 aromatic rings. The first-order chi connectivity index (χ1) is 12.2. The maximum Gasteiger partial charge on any atom is 0.322 e. The van der Waals surface area contributed by atoms with Gasteiger partial charge in [-0.1, -0.05) is 35.4 Å². The van der Waals surface area contributed by atoms with Gasteiger partial charge in [0.2, 0.25) is 5.91 Å². The molecule has 2 rings (SSSR count). The van der Waals surface area contributed by atoms with E-state index >= 15 is 0 Å². The van der Waals surface area contributed by atoms with Gasteiger partial charge in [0.1, 0.15) is 6.54 Å². The Morgan fingerprint density at radius 1 is 0.962 bits per heavy atom. The van der Waals surface area contributed by atoms with Crippen LogP contribution < -0.4 is 10.6 Å². The fourth-order valence-corrected chi connectivity index (χ4v) is 2.91. The van der Waals surface area contributed by atoms with Crippen molar-refractivity contribution in [1.29, 1.82) is 0 Å². The summed E-state index contributed by atoms with van der Waals surface area (Å²) in [5, 5.41) is 6.20. The Morgan fingerprint density at radius 2 is 1.58 bits per heavy atom. The molecular formula is C20H24ClN3O2. The van der Waals surface area contributed by atoms with Gasteiger partial charge in [0, 0.05) is 23.4 Å². The van der Waals surface area contributed by atoms with Crippen LogP contribution in [0.2, 0.25) is 5.02 Å². The summed E-state index contributed by atoms with van der Waals surface area (Å²) in [5.74, 6) is -0.250. The van der Waals surface area contributed by atoms with Crippen LogP contribution in [0, 0.1) is 27.7 Å². The van der Waals surface area contributed by atoms with Crippen LogP contribution in [0.1, 0.15) is 22.3 Å². The van der Waals surface area contributed by atoms with Crippen LogP contribution in [-0.4, -0.2) is 30.4 Å². The molecule has 2 aromatic carbocycles. The largest absolute Gasteiger partial charge is 0.324 e. The molecule has 0 atom stereocenters. The zero-order valence-electron chi connectivity index (χ0n) is 15.7. The van der Waals surface area contributed by atoms with Gasteiger partial charge < -0.3 is 15.5 Å². The van der Waals surface area contributed by atoms with Gasteiger partial charge in [-0.25, -0.2) is 4.79 Å². The van der Waals surface area contributed by atoms with Crippen molar-refractivity contribution in [3.05, 3.63) is 57.6 Å². The summed E-state index contributed by atoms with van der Waals surface area (Å²) < 4.78 is 0. The van der Waals surface area contributed by atoms with Crippen molar-refractivity contribution in [3.8, 4) is 0 Å². The zero-order valence-corrected chi connectivity index (χ0v) is 16.5. The minimum absolute atomic E-state index is 0.0574. The lowest BCUT2D eigenvalue weighted by Gasteiger charge is -2.19. The normalized spacial score (nSPS) is 10.4. The van der Waals surface area contributed by atoms with Crippen LogP contribution in [0.25, 0.3) is 0 Å². The predicted octanol–water partition coefficient (Wildman–Crippen LogP) is 4.68. The molecule has 3 amide bonds. The molecule has 0 fully saturated rings. The third kappa shape index (κ3) is 4.99. The number of urea groups is 1. The number of carbonyl (C=O) groups excluding carboxylic acids is 2. The van der Waals surface area contributed by atoms with Crippen LogP contribution in [0.4, 0.5) is 16.2 Å².